The molecule has 4 heterocycles. The molecule has 0 spiro atoms. The van der Waals surface area contributed by atoms with Crippen molar-refractivity contribution in [2.75, 3.05) is 51.4 Å². The lowest BCUT2D eigenvalue weighted by Gasteiger charge is -2.33. The van der Waals surface area contributed by atoms with Crippen LogP contribution in [0.5, 0.6) is 5.88 Å². The molecule has 4 rings (SSSR count). The molecule has 26 heavy (non-hydrogen) atoms. The molecule has 0 aromatic carbocycles. The van der Waals surface area contributed by atoms with Crippen molar-refractivity contribution in [3.8, 4) is 5.88 Å². The van der Waals surface area contributed by atoms with E-state index in [4.69, 9.17) is 9.47 Å². The number of hydrogen-bond donors (Lipinski definition) is 1. The van der Waals surface area contributed by atoms with Crippen LogP contribution in [0.1, 0.15) is 30.0 Å². The van der Waals surface area contributed by atoms with Gasteiger partial charge in [0, 0.05) is 62.2 Å². The van der Waals surface area contributed by atoms with Gasteiger partial charge in [0.1, 0.15) is 0 Å². The maximum Gasteiger partial charge on any atom is 0.228 e. The van der Waals surface area contributed by atoms with E-state index < -0.39 is 0 Å². The number of piperidine rings is 1. The molecule has 2 aliphatic heterocycles. The molecule has 1 N–H and O–H groups in total. The molecule has 0 saturated carbocycles. The van der Waals surface area contributed by atoms with Gasteiger partial charge in [-0.1, -0.05) is 0 Å². The van der Waals surface area contributed by atoms with Crippen LogP contribution >= 0.6 is 0 Å². The Morgan fingerprint density at radius 3 is 3.04 bits per heavy atom. The summed E-state index contributed by atoms with van der Waals surface area (Å²) in [6.45, 7) is 6.40. The maximum atomic E-state index is 5.45. The fraction of sp³-hybridized carbons (Fsp3) is 0.611. The van der Waals surface area contributed by atoms with Crippen molar-refractivity contribution in [2.24, 2.45) is 0 Å². The van der Waals surface area contributed by atoms with Crippen molar-refractivity contribution in [3.05, 3.63) is 29.7 Å². The third kappa shape index (κ3) is 3.81. The Labute approximate surface area is 153 Å². The van der Waals surface area contributed by atoms with Crippen LogP contribution in [-0.4, -0.2) is 71.6 Å². The van der Waals surface area contributed by atoms with E-state index in [9.17, 15) is 0 Å². The molecule has 1 atom stereocenters. The monoisotopic (exact) mass is 358 g/mol. The summed E-state index contributed by atoms with van der Waals surface area (Å²) in [4.78, 5) is 13.6. The van der Waals surface area contributed by atoms with Crippen molar-refractivity contribution >= 4 is 5.95 Å². The molecular weight excluding hydrogens is 332 g/mol. The van der Waals surface area contributed by atoms with Gasteiger partial charge in [-0.2, -0.15) is 10.1 Å². The number of H-pyrrole nitrogens is 1. The summed E-state index contributed by atoms with van der Waals surface area (Å²) in [5, 5.41) is 7.59. The Morgan fingerprint density at radius 1 is 1.31 bits per heavy atom. The number of rotatable bonds is 5. The Bertz CT molecular complexity index is 715. The van der Waals surface area contributed by atoms with Gasteiger partial charge < -0.3 is 14.4 Å². The normalized spacial score (nSPS) is 21.7. The Balaban J connectivity index is 1.47. The van der Waals surface area contributed by atoms with Crippen LogP contribution in [0, 0.1) is 0 Å². The minimum Gasteiger partial charge on any atom is -0.481 e. The highest BCUT2D eigenvalue weighted by Gasteiger charge is 2.27. The zero-order valence-corrected chi connectivity index (χ0v) is 15.2. The summed E-state index contributed by atoms with van der Waals surface area (Å²) in [5.41, 5.74) is 2.55. The van der Waals surface area contributed by atoms with Gasteiger partial charge in [0.05, 0.1) is 26.5 Å². The lowest BCUT2D eigenvalue weighted by atomic mass is 9.92. The number of morpholine rings is 1. The highest BCUT2D eigenvalue weighted by molar-refractivity contribution is 5.35. The molecule has 8 heteroatoms. The Morgan fingerprint density at radius 2 is 2.19 bits per heavy atom. The van der Waals surface area contributed by atoms with E-state index in [1.54, 1.807) is 19.4 Å². The number of ether oxygens (including phenoxy) is 2. The van der Waals surface area contributed by atoms with Crippen LogP contribution in [0.2, 0.25) is 0 Å². The standard InChI is InChI=1S/C18H26N6O2/c1-25-16-4-5-19-18(21-16)24-6-2-3-14(13-24)17-15(11-20-22-17)12-23-7-9-26-10-8-23/h4-5,11,14H,2-3,6-10,12-13H2,1H3,(H,20,22)/t14-/m0/s1. The number of aromatic nitrogens is 4. The van der Waals surface area contributed by atoms with E-state index in [1.807, 2.05) is 6.20 Å². The molecule has 2 aromatic heterocycles. The van der Waals surface area contributed by atoms with Crippen LogP contribution in [0.3, 0.4) is 0 Å². The molecule has 0 bridgehead atoms. The summed E-state index contributed by atoms with van der Waals surface area (Å²) in [7, 11) is 1.63. The highest BCUT2D eigenvalue weighted by Crippen LogP contribution is 2.30. The summed E-state index contributed by atoms with van der Waals surface area (Å²) in [5.74, 6) is 1.76. The third-order valence-corrected chi connectivity index (χ3v) is 5.19. The number of anilines is 1. The second kappa shape index (κ2) is 8.01. The molecule has 2 saturated heterocycles. The smallest absolute Gasteiger partial charge is 0.228 e. The molecular formula is C18H26N6O2. The van der Waals surface area contributed by atoms with Crippen LogP contribution in [0.4, 0.5) is 5.95 Å². The first-order valence-corrected chi connectivity index (χ1v) is 9.27. The predicted octanol–water partition coefficient (Wildman–Crippen LogP) is 1.42. The summed E-state index contributed by atoms with van der Waals surface area (Å²) in [6, 6.07) is 1.78. The van der Waals surface area contributed by atoms with E-state index in [2.05, 4.69) is 30.0 Å². The second-order valence-electron chi connectivity index (χ2n) is 6.88. The van der Waals surface area contributed by atoms with Crippen molar-refractivity contribution in [1.29, 1.82) is 0 Å². The topological polar surface area (TPSA) is 79.4 Å². The molecule has 0 unspecified atom stereocenters. The van der Waals surface area contributed by atoms with Crippen LogP contribution in [-0.2, 0) is 11.3 Å². The molecule has 0 aliphatic carbocycles. The van der Waals surface area contributed by atoms with Gasteiger partial charge in [0.25, 0.3) is 0 Å². The van der Waals surface area contributed by atoms with Gasteiger partial charge in [-0.05, 0) is 12.8 Å². The number of hydrogen-bond acceptors (Lipinski definition) is 7. The molecule has 2 fully saturated rings. The Kier molecular flexibility index (Phi) is 5.31. The fourth-order valence-corrected chi connectivity index (χ4v) is 3.79. The lowest BCUT2D eigenvalue weighted by molar-refractivity contribution is 0.0340. The van der Waals surface area contributed by atoms with Crippen LogP contribution in [0.25, 0.3) is 0 Å². The van der Waals surface area contributed by atoms with E-state index in [-0.39, 0.29) is 0 Å². The van der Waals surface area contributed by atoms with Crippen molar-refractivity contribution in [2.45, 2.75) is 25.3 Å². The van der Waals surface area contributed by atoms with E-state index >= 15 is 0 Å². The average molecular weight is 358 g/mol. The van der Waals surface area contributed by atoms with Gasteiger partial charge in [0.15, 0.2) is 0 Å². The molecule has 0 radical (unpaired) electrons. The zero-order chi connectivity index (χ0) is 17.8. The molecule has 2 aliphatic rings. The van der Waals surface area contributed by atoms with Gasteiger partial charge in [-0.25, -0.2) is 4.98 Å². The first-order chi connectivity index (χ1) is 12.8. The fourth-order valence-electron chi connectivity index (χ4n) is 3.79. The first-order valence-electron chi connectivity index (χ1n) is 9.27. The van der Waals surface area contributed by atoms with Gasteiger partial charge in [-0.3, -0.25) is 10.00 Å². The minimum absolute atomic E-state index is 0.414. The molecule has 2 aromatic rings. The Hall–Kier alpha value is -2.19. The quantitative estimate of drug-likeness (QED) is 0.866. The molecule has 8 nitrogen and oxygen atoms in total. The van der Waals surface area contributed by atoms with Gasteiger partial charge in [-0.15, -0.1) is 0 Å². The number of methoxy groups -OCH3 is 1. The number of nitrogens with zero attached hydrogens (tertiary/aromatic N) is 5. The number of nitrogens with one attached hydrogen (secondary N) is 1. The summed E-state index contributed by atoms with van der Waals surface area (Å²) >= 11 is 0. The average Bonchev–Trinajstić information content (AvgIpc) is 3.17. The van der Waals surface area contributed by atoms with Crippen LogP contribution < -0.4 is 9.64 Å². The molecule has 0 amide bonds. The minimum atomic E-state index is 0.414. The summed E-state index contributed by atoms with van der Waals surface area (Å²) in [6.07, 6.45) is 6.00. The largest absolute Gasteiger partial charge is 0.481 e. The summed E-state index contributed by atoms with van der Waals surface area (Å²) < 4.78 is 10.7. The SMILES string of the molecule is COc1ccnc(N2CCC[C@H](c3[nH]ncc3CN3CCOCC3)C2)n1. The van der Waals surface area contributed by atoms with Crippen molar-refractivity contribution in [1.82, 2.24) is 25.1 Å². The van der Waals surface area contributed by atoms with E-state index in [1.165, 1.54) is 11.3 Å². The zero-order valence-electron chi connectivity index (χ0n) is 15.2. The van der Waals surface area contributed by atoms with Crippen LogP contribution in [0.15, 0.2) is 18.5 Å². The second-order valence-corrected chi connectivity index (χ2v) is 6.88. The number of aromatic amines is 1. The van der Waals surface area contributed by atoms with Crippen molar-refractivity contribution < 1.29 is 9.47 Å². The predicted molar refractivity (Wildman–Crippen MR) is 97.5 cm³/mol. The highest BCUT2D eigenvalue weighted by atomic mass is 16.5. The van der Waals surface area contributed by atoms with Crippen molar-refractivity contribution in [3.63, 3.8) is 0 Å². The van der Waals surface area contributed by atoms with E-state index in [0.29, 0.717) is 11.8 Å². The lowest BCUT2D eigenvalue weighted by Crippen LogP contribution is -2.37. The van der Waals surface area contributed by atoms with Gasteiger partial charge >= 0.3 is 0 Å². The maximum absolute atomic E-state index is 5.45. The first kappa shape index (κ1) is 17.2. The third-order valence-electron chi connectivity index (χ3n) is 5.19. The molecule has 140 valence electrons. The van der Waals surface area contributed by atoms with E-state index in [0.717, 1.165) is 64.7 Å². The van der Waals surface area contributed by atoms with Gasteiger partial charge in [0.2, 0.25) is 11.8 Å².